The fourth-order valence-corrected chi connectivity index (χ4v) is 4.32. The molecular weight excluding hydrogens is 281 g/mol. The molecule has 1 aromatic carbocycles. The number of anilines is 1. The minimum atomic E-state index is -3.67. The quantitative estimate of drug-likeness (QED) is 0.845. The van der Waals surface area contributed by atoms with Crippen molar-refractivity contribution >= 4 is 15.7 Å². The molecule has 1 heterocycles. The Hall–Kier alpha value is -1.18. The van der Waals surface area contributed by atoms with Gasteiger partial charge in [0.1, 0.15) is 10.7 Å². The molecule has 2 N–H and O–H groups in total. The molecule has 0 aromatic heterocycles. The Bertz CT molecular complexity index is 604. The first-order valence-electron chi connectivity index (χ1n) is 6.45. The first-order valence-corrected chi connectivity index (χ1v) is 7.89. The molecule has 1 aliphatic heterocycles. The third kappa shape index (κ3) is 2.65. The molecule has 7 heteroatoms. The van der Waals surface area contributed by atoms with E-state index in [-0.39, 0.29) is 22.5 Å². The fraction of sp³-hybridized carbons (Fsp3) is 0.538. The third-order valence-electron chi connectivity index (χ3n) is 3.79. The zero-order valence-corrected chi connectivity index (χ0v) is 12.7. The normalized spacial score (nSPS) is 24.4. The van der Waals surface area contributed by atoms with Gasteiger partial charge in [0.15, 0.2) is 0 Å². The topological polar surface area (TPSA) is 66.6 Å². The van der Waals surface area contributed by atoms with Gasteiger partial charge in [-0.05, 0) is 38.2 Å². The monoisotopic (exact) mass is 301 g/mol. The summed E-state index contributed by atoms with van der Waals surface area (Å²) in [4.78, 5) is 2.00. The molecule has 112 valence electrons. The number of sulfonamides is 1. The minimum absolute atomic E-state index is 0.0227. The number of hydrogen-bond acceptors (Lipinski definition) is 4. The number of nitrogen functional groups attached to an aromatic ring is 1. The summed E-state index contributed by atoms with van der Waals surface area (Å²) in [5.41, 5.74) is 5.60. The minimum Gasteiger partial charge on any atom is -0.398 e. The molecule has 0 amide bonds. The van der Waals surface area contributed by atoms with Crippen molar-refractivity contribution in [3.63, 3.8) is 0 Å². The molecule has 2 rings (SSSR count). The summed E-state index contributed by atoms with van der Waals surface area (Å²) in [5.74, 6) is -0.302. The molecule has 1 fully saturated rings. The molecule has 1 aromatic rings. The second-order valence-electron chi connectivity index (χ2n) is 5.51. The summed E-state index contributed by atoms with van der Waals surface area (Å²) in [6.45, 7) is 2.89. The van der Waals surface area contributed by atoms with Crippen LogP contribution in [0.4, 0.5) is 10.1 Å². The van der Waals surface area contributed by atoms with Gasteiger partial charge < -0.3 is 10.6 Å². The van der Waals surface area contributed by atoms with Crippen molar-refractivity contribution in [2.45, 2.75) is 17.9 Å². The second kappa shape index (κ2) is 5.31. The Morgan fingerprint density at radius 1 is 1.35 bits per heavy atom. The average Bonchev–Trinajstić information content (AvgIpc) is 2.71. The molecule has 0 bridgehead atoms. The fourth-order valence-electron chi connectivity index (χ4n) is 2.67. The van der Waals surface area contributed by atoms with Crippen molar-refractivity contribution in [2.24, 2.45) is 5.92 Å². The highest BCUT2D eigenvalue weighted by Gasteiger charge is 2.38. The summed E-state index contributed by atoms with van der Waals surface area (Å²) in [5, 5.41) is 0. The lowest BCUT2D eigenvalue weighted by atomic mass is 10.1. The van der Waals surface area contributed by atoms with Crippen LogP contribution in [0.15, 0.2) is 23.1 Å². The number of likely N-dealkylation sites (N-methyl/N-ethyl adjacent to an activating group) is 1. The van der Waals surface area contributed by atoms with Crippen LogP contribution in [0.3, 0.4) is 0 Å². The standard InChI is InChI=1S/C13H20FN3O2S/c1-9-7-17(8-12(9)16(2)3)20(18,19)13-5-4-10(14)6-11(13)15/h4-6,9,12H,7-8,15H2,1-3H3. The predicted octanol–water partition coefficient (Wildman–Crippen LogP) is 0.979. The summed E-state index contributed by atoms with van der Waals surface area (Å²) < 4.78 is 39.6. The first kappa shape index (κ1) is 15.2. The summed E-state index contributed by atoms with van der Waals surface area (Å²) in [7, 11) is 0.198. The number of halogens is 1. The first-order chi connectivity index (χ1) is 9.23. The van der Waals surface area contributed by atoms with E-state index in [1.54, 1.807) is 0 Å². The Labute approximate surface area is 119 Å². The number of hydrogen-bond donors (Lipinski definition) is 1. The van der Waals surface area contributed by atoms with Crippen LogP contribution < -0.4 is 5.73 Å². The Morgan fingerprint density at radius 2 is 2.00 bits per heavy atom. The smallest absolute Gasteiger partial charge is 0.245 e. The van der Waals surface area contributed by atoms with Gasteiger partial charge in [-0.15, -0.1) is 0 Å². The molecule has 0 radical (unpaired) electrons. The number of nitrogens with two attached hydrogens (primary N) is 1. The molecule has 0 saturated carbocycles. The predicted molar refractivity (Wildman–Crippen MR) is 76.2 cm³/mol. The summed E-state index contributed by atoms with van der Waals surface area (Å²) >= 11 is 0. The lowest BCUT2D eigenvalue weighted by molar-refractivity contribution is 0.263. The highest BCUT2D eigenvalue weighted by atomic mass is 32.2. The SMILES string of the molecule is CC1CN(S(=O)(=O)c2ccc(F)cc2N)CC1N(C)C. The van der Waals surface area contributed by atoms with Gasteiger partial charge in [0.05, 0.1) is 5.69 Å². The lowest BCUT2D eigenvalue weighted by Gasteiger charge is -2.22. The van der Waals surface area contributed by atoms with Crippen LogP contribution in [-0.2, 0) is 10.0 Å². The van der Waals surface area contributed by atoms with Crippen LogP contribution in [0.1, 0.15) is 6.92 Å². The van der Waals surface area contributed by atoms with E-state index in [0.717, 1.165) is 12.1 Å². The Morgan fingerprint density at radius 3 is 2.50 bits per heavy atom. The van der Waals surface area contributed by atoms with Crippen LogP contribution in [0.5, 0.6) is 0 Å². The van der Waals surface area contributed by atoms with Gasteiger partial charge in [0.25, 0.3) is 0 Å². The van der Waals surface area contributed by atoms with E-state index in [9.17, 15) is 12.8 Å². The maximum absolute atomic E-state index is 13.0. The van der Waals surface area contributed by atoms with Crippen molar-refractivity contribution in [3.05, 3.63) is 24.0 Å². The van der Waals surface area contributed by atoms with Crippen LogP contribution in [0.25, 0.3) is 0 Å². The van der Waals surface area contributed by atoms with Crippen LogP contribution in [0.2, 0.25) is 0 Å². The third-order valence-corrected chi connectivity index (χ3v) is 5.70. The summed E-state index contributed by atoms with van der Waals surface area (Å²) in [6.07, 6.45) is 0. The van der Waals surface area contributed by atoms with Gasteiger partial charge in [-0.2, -0.15) is 4.31 Å². The lowest BCUT2D eigenvalue weighted by Crippen LogP contribution is -2.36. The molecule has 0 spiro atoms. The number of nitrogens with zero attached hydrogens (tertiary/aromatic N) is 2. The zero-order valence-electron chi connectivity index (χ0n) is 11.9. The number of benzene rings is 1. The molecule has 2 unspecified atom stereocenters. The molecule has 20 heavy (non-hydrogen) atoms. The molecule has 1 aliphatic rings. The van der Waals surface area contributed by atoms with Gasteiger partial charge in [-0.1, -0.05) is 6.92 Å². The van der Waals surface area contributed by atoms with Crippen molar-refractivity contribution in [1.82, 2.24) is 9.21 Å². The van der Waals surface area contributed by atoms with Crippen LogP contribution in [0, 0.1) is 11.7 Å². The summed E-state index contributed by atoms with van der Waals surface area (Å²) in [6, 6.07) is 3.56. The maximum atomic E-state index is 13.0. The van der Waals surface area contributed by atoms with Gasteiger partial charge in [-0.3, -0.25) is 0 Å². The number of rotatable bonds is 3. The van der Waals surface area contributed by atoms with Crippen molar-refractivity contribution in [2.75, 3.05) is 32.9 Å². The molecule has 5 nitrogen and oxygen atoms in total. The van der Waals surface area contributed by atoms with E-state index >= 15 is 0 Å². The highest BCUT2D eigenvalue weighted by Crippen LogP contribution is 2.29. The van der Waals surface area contributed by atoms with E-state index in [1.807, 2.05) is 25.9 Å². The van der Waals surface area contributed by atoms with Crippen molar-refractivity contribution in [1.29, 1.82) is 0 Å². The van der Waals surface area contributed by atoms with Gasteiger partial charge in [0.2, 0.25) is 10.0 Å². The van der Waals surface area contributed by atoms with E-state index in [0.29, 0.717) is 13.1 Å². The van der Waals surface area contributed by atoms with Gasteiger partial charge in [-0.25, -0.2) is 12.8 Å². The second-order valence-corrected chi connectivity index (χ2v) is 7.42. The average molecular weight is 301 g/mol. The molecule has 0 aliphatic carbocycles. The molecular formula is C13H20FN3O2S. The van der Waals surface area contributed by atoms with E-state index in [4.69, 9.17) is 5.73 Å². The van der Waals surface area contributed by atoms with Gasteiger partial charge >= 0.3 is 0 Å². The van der Waals surface area contributed by atoms with Crippen molar-refractivity contribution < 1.29 is 12.8 Å². The molecule has 1 saturated heterocycles. The van der Waals surface area contributed by atoms with Crippen molar-refractivity contribution in [3.8, 4) is 0 Å². The Kier molecular flexibility index (Phi) is 4.04. The maximum Gasteiger partial charge on any atom is 0.245 e. The molecule has 2 atom stereocenters. The zero-order chi connectivity index (χ0) is 15.1. The van der Waals surface area contributed by atoms with E-state index in [1.165, 1.54) is 10.4 Å². The van der Waals surface area contributed by atoms with E-state index < -0.39 is 15.8 Å². The van der Waals surface area contributed by atoms with Crippen LogP contribution in [-0.4, -0.2) is 50.8 Å². The highest BCUT2D eigenvalue weighted by molar-refractivity contribution is 7.89. The van der Waals surface area contributed by atoms with Gasteiger partial charge in [0, 0.05) is 19.1 Å². The van der Waals surface area contributed by atoms with Crippen LogP contribution >= 0.6 is 0 Å². The largest absolute Gasteiger partial charge is 0.398 e. The van der Waals surface area contributed by atoms with E-state index in [2.05, 4.69) is 0 Å². The Balaban J connectivity index is 2.32.